The van der Waals surface area contributed by atoms with Gasteiger partial charge in [0, 0.05) is 36.8 Å². The van der Waals surface area contributed by atoms with E-state index in [2.05, 4.69) is 138 Å². The molecule has 0 radical (unpaired) electrons. The molecule has 2 bridgehead atoms. The van der Waals surface area contributed by atoms with E-state index in [1.807, 2.05) is 6.20 Å². The van der Waals surface area contributed by atoms with E-state index in [-0.39, 0.29) is 6.04 Å². The molecule has 4 aromatic carbocycles. The van der Waals surface area contributed by atoms with Gasteiger partial charge in [-0.15, -0.1) is 6.58 Å². The third-order valence-electron chi connectivity index (χ3n) is 9.33. The maximum atomic E-state index is 4.71. The molecule has 1 aromatic heterocycles. The molecule has 42 heavy (non-hydrogen) atoms. The summed E-state index contributed by atoms with van der Waals surface area (Å²) in [6.07, 6.45) is 6.67. The fraction of sp³-hybridized carbons (Fsp3) is 0.237. The lowest BCUT2D eigenvalue weighted by atomic mass is 9.73. The van der Waals surface area contributed by atoms with Crippen LogP contribution in [0.1, 0.15) is 30.0 Å². The molecule has 0 spiro atoms. The van der Waals surface area contributed by atoms with E-state index >= 15 is 0 Å². The van der Waals surface area contributed by atoms with Crippen LogP contribution in [0.25, 0.3) is 10.9 Å². The SMILES string of the molecule is C=C[C@H]1CN2CC[C@H]1C[C@@H]2[C@H](NCc1ccccc1P(c1ccccc1)c1ccccc1)c1ccnc2ccccc12. The molecule has 3 aliphatic heterocycles. The zero-order chi connectivity index (χ0) is 28.3. The largest absolute Gasteiger partial charge is 0.304 e. The molecule has 3 saturated heterocycles. The molecule has 3 aliphatic rings. The summed E-state index contributed by atoms with van der Waals surface area (Å²) in [7, 11) is -0.679. The smallest absolute Gasteiger partial charge is 0.0705 e. The first-order valence-electron chi connectivity index (χ1n) is 15.2. The van der Waals surface area contributed by atoms with Gasteiger partial charge in [0.1, 0.15) is 0 Å². The van der Waals surface area contributed by atoms with Gasteiger partial charge in [0.05, 0.1) is 5.52 Å². The van der Waals surface area contributed by atoms with E-state index in [0.29, 0.717) is 17.9 Å². The summed E-state index contributed by atoms with van der Waals surface area (Å²) in [5.74, 6) is 1.32. The third kappa shape index (κ3) is 5.34. The zero-order valence-electron chi connectivity index (χ0n) is 24.0. The Kier molecular flexibility index (Phi) is 7.98. The van der Waals surface area contributed by atoms with Gasteiger partial charge in [0.2, 0.25) is 0 Å². The van der Waals surface area contributed by atoms with Crippen molar-refractivity contribution in [3.63, 3.8) is 0 Å². The Morgan fingerprint density at radius 3 is 2.26 bits per heavy atom. The Morgan fingerprint density at radius 2 is 1.55 bits per heavy atom. The van der Waals surface area contributed by atoms with E-state index in [1.165, 1.54) is 51.8 Å². The maximum absolute atomic E-state index is 4.71. The minimum atomic E-state index is -0.679. The molecular weight excluding hydrogens is 529 g/mol. The minimum absolute atomic E-state index is 0.208. The highest BCUT2D eigenvalue weighted by Crippen LogP contribution is 2.42. The Balaban J connectivity index is 1.27. The summed E-state index contributed by atoms with van der Waals surface area (Å²) in [5, 5.41) is 9.59. The van der Waals surface area contributed by atoms with E-state index in [0.717, 1.165) is 18.6 Å². The quantitative estimate of drug-likeness (QED) is 0.158. The van der Waals surface area contributed by atoms with Crippen molar-refractivity contribution in [1.82, 2.24) is 15.2 Å². The minimum Gasteiger partial charge on any atom is -0.304 e. The van der Waals surface area contributed by atoms with E-state index < -0.39 is 7.92 Å². The van der Waals surface area contributed by atoms with Gasteiger partial charge >= 0.3 is 0 Å². The number of pyridine rings is 1. The molecular formula is C38H38N3P. The van der Waals surface area contributed by atoms with E-state index in [4.69, 9.17) is 4.98 Å². The number of para-hydroxylation sites is 1. The average molecular weight is 568 g/mol. The summed E-state index contributed by atoms with van der Waals surface area (Å²) in [6, 6.07) is 42.7. The summed E-state index contributed by atoms with van der Waals surface area (Å²) < 4.78 is 0. The number of fused-ring (bicyclic) bond motifs is 4. The number of benzene rings is 4. The molecule has 5 aromatic rings. The van der Waals surface area contributed by atoms with Gasteiger partial charge in [-0.1, -0.05) is 109 Å². The second-order valence-corrected chi connectivity index (χ2v) is 13.8. The Morgan fingerprint density at radius 1 is 0.857 bits per heavy atom. The van der Waals surface area contributed by atoms with Gasteiger partial charge < -0.3 is 5.32 Å². The summed E-state index contributed by atoms with van der Waals surface area (Å²) in [4.78, 5) is 7.44. The maximum Gasteiger partial charge on any atom is 0.0705 e. The van der Waals surface area contributed by atoms with Crippen molar-refractivity contribution in [3.8, 4) is 0 Å². The van der Waals surface area contributed by atoms with E-state index in [1.54, 1.807) is 0 Å². The normalized spacial score (nSPS) is 22.3. The van der Waals surface area contributed by atoms with Gasteiger partial charge in [-0.25, -0.2) is 0 Å². The molecule has 3 nitrogen and oxygen atoms in total. The Hall–Kier alpha value is -3.62. The van der Waals surface area contributed by atoms with Crippen LogP contribution >= 0.6 is 7.92 Å². The second-order valence-electron chi connectivity index (χ2n) is 11.7. The lowest BCUT2D eigenvalue weighted by molar-refractivity contribution is 0.000958. The predicted molar refractivity (Wildman–Crippen MR) is 178 cm³/mol. The molecule has 0 amide bonds. The standard InChI is InChI=1S/C38H38N3P/c1-2-28-27-41-24-22-29(28)25-36(41)38(34-21-23-39-35-19-11-10-18-33(34)35)40-26-30-13-9-12-20-37(30)42(31-14-5-3-6-15-31)32-16-7-4-8-17-32/h2-21,23,28-29,36,38,40H,1,22,24-27H2/t28-,29-,36+,38+/m0/s1. The van der Waals surface area contributed by atoms with Gasteiger partial charge in [-0.2, -0.15) is 0 Å². The van der Waals surface area contributed by atoms with Crippen LogP contribution < -0.4 is 21.2 Å². The van der Waals surface area contributed by atoms with Crippen LogP contribution in [0.2, 0.25) is 0 Å². The Bertz CT molecular complexity index is 1610. The number of piperidine rings is 3. The first-order chi connectivity index (χ1) is 20.8. The topological polar surface area (TPSA) is 28.2 Å². The fourth-order valence-corrected chi connectivity index (χ4v) is 9.72. The van der Waals surface area contributed by atoms with Crippen molar-refractivity contribution >= 4 is 34.7 Å². The Labute approximate surface area is 251 Å². The molecule has 4 heteroatoms. The number of aromatic nitrogens is 1. The highest BCUT2D eigenvalue weighted by Gasteiger charge is 2.42. The highest BCUT2D eigenvalue weighted by molar-refractivity contribution is 7.79. The molecule has 1 N–H and O–H groups in total. The van der Waals surface area contributed by atoms with Crippen molar-refractivity contribution in [3.05, 3.63) is 145 Å². The number of rotatable bonds is 9. The molecule has 1 unspecified atom stereocenters. The first-order valence-corrected chi connectivity index (χ1v) is 16.6. The summed E-state index contributed by atoms with van der Waals surface area (Å²) in [5.41, 5.74) is 3.80. The molecule has 3 fully saturated rings. The average Bonchev–Trinajstić information content (AvgIpc) is 3.07. The highest BCUT2D eigenvalue weighted by atomic mass is 31.1. The summed E-state index contributed by atoms with van der Waals surface area (Å²) in [6.45, 7) is 7.28. The molecule has 8 rings (SSSR count). The lowest BCUT2D eigenvalue weighted by Gasteiger charge is -2.52. The van der Waals surface area contributed by atoms with Crippen LogP contribution in [0.3, 0.4) is 0 Å². The summed E-state index contributed by atoms with van der Waals surface area (Å²) >= 11 is 0. The number of nitrogens with zero attached hydrogens (tertiary/aromatic N) is 2. The van der Waals surface area contributed by atoms with Crippen LogP contribution in [0.5, 0.6) is 0 Å². The molecule has 0 saturated carbocycles. The van der Waals surface area contributed by atoms with E-state index in [9.17, 15) is 0 Å². The van der Waals surface area contributed by atoms with Crippen LogP contribution in [0, 0.1) is 11.8 Å². The molecule has 5 atom stereocenters. The number of hydrogen-bond donors (Lipinski definition) is 1. The predicted octanol–water partition coefficient (Wildman–Crippen LogP) is 6.72. The van der Waals surface area contributed by atoms with Crippen LogP contribution in [-0.4, -0.2) is 29.0 Å². The number of nitrogens with one attached hydrogen (secondary N) is 1. The van der Waals surface area contributed by atoms with Gasteiger partial charge in [-0.05, 0) is 78.3 Å². The monoisotopic (exact) mass is 567 g/mol. The molecule has 0 aliphatic carbocycles. The zero-order valence-corrected chi connectivity index (χ0v) is 24.9. The van der Waals surface area contributed by atoms with Crippen molar-refractivity contribution in [1.29, 1.82) is 0 Å². The first kappa shape index (κ1) is 27.2. The molecule has 4 heterocycles. The van der Waals surface area contributed by atoms with Crippen molar-refractivity contribution in [2.24, 2.45) is 11.8 Å². The van der Waals surface area contributed by atoms with Crippen molar-refractivity contribution in [2.75, 3.05) is 13.1 Å². The van der Waals surface area contributed by atoms with Crippen molar-refractivity contribution in [2.45, 2.75) is 31.5 Å². The number of hydrogen-bond acceptors (Lipinski definition) is 3. The van der Waals surface area contributed by atoms with Gasteiger partial charge in [0.25, 0.3) is 0 Å². The van der Waals surface area contributed by atoms with Crippen LogP contribution in [0.15, 0.2) is 134 Å². The lowest BCUT2D eigenvalue weighted by Crippen LogP contribution is -2.57. The van der Waals surface area contributed by atoms with Crippen LogP contribution in [0.4, 0.5) is 0 Å². The second kappa shape index (κ2) is 12.3. The molecule has 210 valence electrons. The third-order valence-corrected chi connectivity index (χ3v) is 11.9. The van der Waals surface area contributed by atoms with Gasteiger partial charge in [0.15, 0.2) is 0 Å². The van der Waals surface area contributed by atoms with Crippen molar-refractivity contribution < 1.29 is 0 Å². The van der Waals surface area contributed by atoms with Crippen LogP contribution in [-0.2, 0) is 6.54 Å². The van der Waals surface area contributed by atoms with Gasteiger partial charge in [-0.3, -0.25) is 9.88 Å². The fourth-order valence-electron chi connectivity index (χ4n) is 7.25.